The standard InChI is InChI=1S/C23H28Cl2N2O4/c1-23(2,3)31-22(28)9-10-27-11-12-29-21(14-27)20-8-7-16(13-26-20)30-15-17-18(24)5-4-6-19(17)25/h4-8,13,21H,9-12,14-15H2,1-3H3. The van der Waals surface area contributed by atoms with Crippen LogP contribution in [-0.4, -0.2) is 47.7 Å². The molecule has 2 heterocycles. The topological polar surface area (TPSA) is 60.9 Å². The van der Waals surface area contributed by atoms with E-state index < -0.39 is 5.60 Å². The number of ether oxygens (including phenoxy) is 3. The maximum absolute atomic E-state index is 12.0. The van der Waals surface area contributed by atoms with E-state index in [1.807, 2.05) is 32.9 Å². The third-order valence-corrected chi connectivity index (χ3v) is 5.44. The van der Waals surface area contributed by atoms with E-state index in [1.54, 1.807) is 24.4 Å². The Hall–Kier alpha value is -1.86. The van der Waals surface area contributed by atoms with Gasteiger partial charge in [-0.3, -0.25) is 14.7 Å². The molecule has 3 rings (SSSR count). The van der Waals surface area contributed by atoms with Gasteiger partial charge in [0.1, 0.15) is 24.1 Å². The summed E-state index contributed by atoms with van der Waals surface area (Å²) in [6.45, 7) is 8.55. The Labute approximate surface area is 193 Å². The van der Waals surface area contributed by atoms with E-state index >= 15 is 0 Å². The maximum Gasteiger partial charge on any atom is 0.307 e. The number of morpholine rings is 1. The van der Waals surface area contributed by atoms with Crippen molar-refractivity contribution < 1.29 is 19.0 Å². The molecular formula is C23H28Cl2N2O4. The molecule has 1 aliphatic rings. The average molecular weight is 467 g/mol. The second-order valence-electron chi connectivity index (χ2n) is 8.40. The zero-order valence-corrected chi connectivity index (χ0v) is 19.6. The first-order chi connectivity index (χ1) is 14.7. The van der Waals surface area contributed by atoms with Gasteiger partial charge in [0, 0.05) is 35.2 Å². The minimum Gasteiger partial charge on any atom is -0.487 e. The summed E-state index contributed by atoms with van der Waals surface area (Å²) in [5.41, 5.74) is 1.10. The predicted octanol–water partition coefficient (Wildman–Crippen LogP) is 5.07. The Balaban J connectivity index is 1.51. The fraction of sp³-hybridized carbons (Fsp3) is 0.478. The third-order valence-electron chi connectivity index (χ3n) is 4.74. The second kappa shape index (κ2) is 10.6. The molecule has 0 bridgehead atoms. The summed E-state index contributed by atoms with van der Waals surface area (Å²) < 4.78 is 17.1. The van der Waals surface area contributed by atoms with E-state index in [0.717, 1.165) is 17.8 Å². The first-order valence-corrected chi connectivity index (χ1v) is 11.0. The van der Waals surface area contributed by atoms with Crippen molar-refractivity contribution in [3.8, 4) is 5.75 Å². The van der Waals surface area contributed by atoms with Gasteiger partial charge in [0.25, 0.3) is 0 Å². The Morgan fingerprint density at radius 1 is 1.23 bits per heavy atom. The van der Waals surface area contributed by atoms with Crippen LogP contribution in [0.15, 0.2) is 36.5 Å². The monoisotopic (exact) mass is 466 g/mol. The fourth-order valence-electron chi connectivity index (χ4n) is 3.22. The molecule has 1 fully saturated rings. The summed E-state index contributed by atoms with van der Waals surface area (Å²) in [4.78, 5) is 18.7. The molecule has 1 unspecified atom stereocenters. The molecule has 0 amide bonds. The highest BCUT2D eigenvalue weighted by Crippen LogP contribution is 2.27. The van der Waals surface area contributed by atoms with Crippen LogP contribution in [0.2, 0.25) is 10.0 Å². The molecule has 0 saturated carbocycles. The molecule has 1 aliphatic heterocycles. The molecule has 8 heteroatoms. The molecule has 1 aromatic heterocycles. The van der Waals surface area contributed by atoms with E-state index in [1.165, 1.54) is 0 Å². The van der Waals surface area contributed by atoms with Crippen LogP contribution in [0.4, 0.5) is 0 Å². The van der Waals surface area contributed by atoms with Crippen LogP contribution in [0.3, 0.4) is 0 Å². The minimum atomic E-state index is -0.463. The van der Waals surface area contributed by atoms with Gasteiger partial charge in [0.2, 0.25) is 0 Å². The van der Waals surface area contributed by atoms with Crippen molar-refractivity contribution in [2.45, 2.75) is 45.5 Å². The largest absolute Gasteiger partial charge is 0.487 e. The summed E-state index contributed by atoms with van der Waals surface area (Å²) in [5.74, 6) is 0.436. The van der Waals surface area contributed by atoms with Gasteiger partial charge >= 0.3 is 5.97 Å². The van der Waals surface area contributed by atoms with Crippen molar-refractivity contribution in [1.82, 2.24) is 9.88 Å². The Kier molecular flexibility index (Phi) is 8.17. The van der Waals surface area contributed by atoms with Crippen LogP contribution < -0.4 is 4.74 Å². The Morgan fingerprint density at radius 2 is 1.97 bits per heavy atom. The number of benzene rings is 1. The van der Waals surface area contributed by atoms with Gasteiger partial charge in [-0.2, -0.15) is 0 Å². The van der Waals surface area contributed by atoms with Crippen LogP contribution in [0.1, 0.15) is 44.6 Å². The van der Waals surface area contributed by atoms with Gasteiger partial charge in [0.05, 0.1) is 24.9 Å². The van der Waals surface area contributed by atoms with Gasteiger partial charge in [-0.1, -0.05) is 29.3 Å². The summed E-state index contributed by atoms with van der Waals surface area (Å²) >= 11 is 12.4. The summed E-state index contributed by atoms with van der Waals surface area (Å²) in [7, 11) is 0. The molecule has 1 atom stereocenters. The lowest BCUT2D eigenvalue weighted by molar-refractivity contribution is -0.155. The van der Waals surface area contributed by atoms with Crippen molar-refractivity contribution in [3.63, 3.8) is 0 Å². The molecule has 2 aromatic rings. The predicted molar refractivity (Wildman–Crippen MR) is 121 cm³/mol. The number of carbonyl (C=O) groups is 1. The van der Waals surface area contributed by atoms with Crippen molar-refractivity contribution in [2.24, 2.45) is 0 Å². The summed E-state index contributed by atoms with van der Waals surface area (Å²) in [6.07, 6.45) is 1.87. The molecule has 0 aliphatic carbocycles. The van der Waals surface area contributed by atoms with E-state index in [2.05, 4.69) is 9.88 Å². The van der Waals surface area contributed by atoms with Gasteiger partial charge in [-0.25, -0.2) is 0 Å². The summed E-state index contributed by atoms with van der Waals surface area (Å²) in [5, 5.41) is 1.14. The Morgan fingerprint density at radius 3 is 2.61 bits per heavy atom. The maximum atomic E-state index is 12.0. The number of aromatic nitrogens is 1. The van der Waals surface area contributed by atoms with Gasteiger partial charge in [0.15, 0.2) is 0 Å². The molecule has 31 heavy (non-hydrogen) atoms. The van der Waals surface area contributed by atoms with Gasteiger partial charge in [-0.15, -0.1) is 0 Å². The molecular weight excluding hydrogens is 439 g/mol. The van der Waals surface area contributed by atoms with E-state index in [-0.39, 0.29) is 18.7 Å². The van der Waals surface area contributed by atoms with Gasteiger partial charge in [-0.05, 0) is 45.0 Å². The first kappa shape index (κ1) is 23.8. The number of rotatable bonds is 7. The highest BCUT2D eigenvalue weighted by atomic mass is 35.5. The lowest BCUT2D eigenvalue weighted by Crippen LogP contribution is -2.40. The van der Waals surface area contributed by atoms with Crippen LogP contribution in [0.5, 0.6) is 5.75 Å². The molecule has 168 valence electrons. The Bertz CT molecular complexity index is 864. The number of carbonyl (C=O) groups excluding carboxylic acids is 1. The van der Waals surface area contributed by atoms with Crippen molar-refractivity contribution in [3.05, 3.63) is 57.8 Å². The zero-order chi connectivity index (χ0) is 22.4. The quantitative estimate of drug-likeness (QED) is 0.530. The third kappa shape index (κ3) is 7.35. The number of halogens is 2. The first-order valence-electron chi connectivity index (χ1n) is 10.3. The smallest absolute Gasteiger partial charge is 0.307 e. The minimum absolute atomic E-state index is 0.153. The van der Waals surface area contributed by atoms with Crippen molar-refractivity contribution in [1.29, 1.82) is 0 Å². The van der Waals surface area contributed by atoms with E-state index in [0.29, 0.717) is 41.9 Å². The molecule has 6 nitrogen and oxygen atoms in total. The molecule has 0 N–H and O–H groups in total. The fourth-order valence-corrected chi connectivity index (χ4v) is 3.73. The van der Waals surface area contributed by atoms with Crippen LogP contribution in [0.25, 0.3) is 0 Å². The SMILES string of the molecule is CC(C)(C)OC(=O)CCN1CCOC(c2ccc(OCc3c(Cl)cccc3Cl)cn2)C1. The lowest BCUT2D eigenvalue weighted by Gasteiger charge is -2.32. The lowest BCUT2D eigenvalue weighted by atomic mass is 10.1. The number of nitrogens with zero attached hydrogens (tertiary/aromatic N) is 2. The number of esters is 1. The highest BCUT2D eigenvalue weighted by molar-refractivity contribution is 6.35. The van der Waals surface area contributed by atoms with Crippen molar-refractivity contribution in [2.75, 3.05) is 26.2 Å². The van der Waals surface area contributed by atoms with Crippen LogP contribution in [-0.2, 0) is 20.9 Å². The zero-order valence-electron chi connectivity index (χ0n) is 18.1. The molecule has 1 aromatic carbocycles. The van der Waals surface area contributed by atoms with E-state index in [9.17, 15) is 4.79 Å². The molecule has 0 spiro atoms. The number of hydrogen-bond acceptors (Lipinski definition) is 6. The molecule has 1 saturated heterocycles. The average Bonchev–Trinajstić information content (AvgIpc) is 2.71. The second-order valence-corrected chi connectivity index (χ2v) is 9.22. The van der Waals surface area contributed by atoms with Crippen molar-refractivity contribution >= 4 is 29.2 Å². The number of pyridine rings is 1. The van der Waals surface area contributed by atoms with Gasteiger partial charge < -0.3 is 14.2 Å². The summed E-state index contributed by atoms with van der Waals surface area (Å²) in [6, 6.07) is 9.11. The molecule has 0 radical (unpaired) electrons. The van der Waals surface area contributed by atoms with E-state index in [4.69, 9.17) is 37.4 Å². The highest BCUT2D eigenvalue weighted by Gasteiger charge is 2.24. The van der Waals surface area contributed by atoms with Crippen LogP contribution in [0, 0.1) is 0 Å². The number of hydrogen-bond donors (Lipinski definition) is 0. The van der Waals surface area contributed by atoms with Crippen LogP contribution >= 0.6 is 23.2 Å². The normalized spacial score (nSPS) is 17.4.